The fourth-order valence-corrected chi connectivity index (χ4v) is 1.83. The van der Waals surface area contributed by atoms with Crippen LogP contribution in [0.5, 0.6) is 11.5 Å². The molecule has 0 saturated carbocycles. The number of nitrogens with two attached hydrogens (primary N) is 1. The van der Waals surface area contributed by atoms with Crippen molar-refractivity contribution < 1.29 is 23.9 Å². The molecule has 0 heterocycles. The van der Waals surface area contributed by atoms with Gasteiger partial charge in [0.05, 0.1) is 31.2 Å². The van der Waals surface area contributed by atoms with Crippen LogP contribution < -0.4 is 20.7 Å². The number of carbonyl (C=O) groups is 2. The molecule has 2 aromatic rings. The van der Waals surface area contributed by atoms with E-state index in [9.17, 15) is 9.59 Å². The van der Waals surface area contributed by atoms with E-state index in [1.807, 2.05) is 0 Å². The number of hydrogen-bond acceptors (Lipinski definition) is 7. The number of nitrogens with zero attached hydrogens (tertiary/aromatic N) is 2. The van der Waals surface area contributed by atoms with Gasteiger partial charge in [0.15, 0.2) is 11.5 Å². The average molecular weight is 344 g/mol. The van der Waals surface area contributed by atoms with Crippen LogP contribution in [0.1, 0.15) is 10.4 Å². The molecule has 0 radical (unpaired) electrons. The maximum atomic E-state index is 12.1. The van der Waals surface area contributed by atoms with Crippen molar-refractivity contribution in [2.45, 2.75) is 0 Å². The van der Waals surface area contributed by atoms with Gasteiger partial charge in [-0.25, -0.2) is 15.1 Å². The summed E-state index contributed by atoms with van der Waals surface area (Å²) in [7, 11) is 2.98. The summed E-state index contributed by atoms with van der Waals surface area (Å²) >= 11 is 0. The second-order valence-corrected chi connectivity index (χ2v) is 4.65. The van der Waals surface area contributed by atoms with E-state index >= 15 is 0 Å². The lowest BCUT2D eigenvalue weighted by Crippen LogP contribution is -2.11. The molecule has 0 atom stereocenters. The third-order valence-electron chi connectivity index (χ3n) is 3.01. The lowest BCUT2D eigenvalue weighted by atomic mass is 10.2. The summed E-state index contributed by atoms with van der Waals surface area (Å²) in [6.45, 7) is 0. The Morgan fingerprint density at radius 3 is 2.28 bits per heavy atom. The summed E-state index contributed by atoms with van der Waals surface area (Å²) in [5, 5.41) is 6.82. The first kappa shape index (κ1) is 17.7. The largest absolute Gasteiger partial charge is 0.493 e. The van der Waals surface area contributed by atoms with E-state index in [0.29, 0.717) is 22.9 Å². The highest BCUT2D eigenvalue weighted by Gasteiger charge is 2.12. The molecule has 0 saturated heterocycles. The van der Waals surface area contributed by atoms with E-state index < -0.39 is 12.0 Å². The Hall–Kier alpha value is -3.62. The number of nitrogens with one attached hydrogen (secondary N) is 1. The lowest BCUT2D eigenvalue weighted by molar-refractivity contribution is 0.0596. The lowest BCUT2D eigenvalue weighted by Gasteiger charge is -2.10. The number of hydrogen-bond donors (Lipinski definition) is 2. The molecule has 0 bridgehead atoms. The van der Waals surface area contributed by atoms with Crippen LogP contribution in [0.2, 0.25) is 0 Å². The molecule has 2 amide bonds. The highest BCUT2D eigenvalue weighted by Crippen LogP contribution is 2.27. The average Bonchev–Trinajstić information content (AvgIpc) is 2.64. The molecule has 0 spiro atoms. The highest BCUT2D eigenvalue weighted by atomic mass is 16.7. The third-order valence-corrected chi connectivity index (χ3v) is 3.01. The molecular formula is C16H16N4O5. The van der Waals surface area contributed by atoms with Crippen LogP contribution in [-0.4, -0.2) is 26.2 Å². The number of amides is 2. The van der Waals surface area contributed by atoms with Gasteiger partial charge in [-0.3, -0.25) is 0 Å². The third kappa shape index (κ3) is 4.93. The van der Waals surface area contributed by atoms with Crippen molar-refractivity contribution in [2.24, 2.45) is 16.0 Å². The molecule has 2 aromatic carbocycles. The predicted molar refractivity (Wildman–Crippen MR) is 89.1 cm³/mol. The zero-order valence-corrected chi connectivity index (χ0v) is 13.6. The molecule has 0 aliphatic rings. The maximum Gasteiger partial charge on any atom is 0.362 e. The second kappa shape index (κ2) is 8.29. The van der Waals surface area contributed by atoms with Crippen molar-refractivity contribution in [3.63, 3.8) is 0 Å². The van der Waals surface area contributed by atoms with Crippen molar-refractivity contribution >= 4 is 23.4 Å². The molecule has 9 nitrogen and oxygen atoms in total. The first-order chi connectivity index (χ1) is 12.0. The SMILES string of the molecule is COc1ccc(C(=O)ONc2ccc(N=NC(N)=O)cc2)cc1OC. The number of benzene rings is 2. The van der Waals surface area contributed by atoms with E-state index in [0.717, 1.165) is 0 Å². The van der Waals surface area contributed by atoms with Gasteiger partial charge in [0.1, 0.15) is 0 Å². The molecule has 3 N–H and O–H groups in total. The molecule has 0 aromatic heterocycles. The minimum absolute atomic E-state index is 0.289. The number of primary amides is 1. The number of rotatable bonds is 6. The Labute approximate surface area is 143 Å². The minimum Gasteiger partial charge on any atom is -0.493 e. The molecule has 0 fully saturated rings. The van der Waals surface area contributed by atoms with E-state index in [2.05, 4.69) is 15.7 Å². The van der Waals surface area contributed by atoms with Crippen LogP contribution in [-0.2, 0) is 4.84 Å². The van der Waals surface area contributed by atoms with Crippen molar-refractivity contribution in [1.29, 1.82) is 0 Å². The molecule has 0 unspecified atom stereocenters. The van der Waals surface area contributed by atoms with Gasteiger partial charge in [0.2, 0.25) is 0 Å². The molecule has 0 aliphatic heterocycles. The number of methoxy groups -OCH3 is 2. The topological polar surface area (TPSA) is 125 Å². The smallest absolute Gasteiger partial charge is 0.362 e. The van der Waals surface area contributed by atoms with Crippen LogP contribution >= 0.6 is 0 Å². The van der Waals surface area contributed by atoms with Crippen LogP contribution in [0.3, 0.4) is 0 Å². The van der Waals surface area contributed by atoms with Gasteiger partial charge in [-0.1, -0.05) is 5.11 Å². The van der Waals surface area contributed by atoms with Gasteiger partial charge in [0, 0.05) is 0 Å². The summed E-state index contributed by atoms with van der Waals surface area (Å²) in [4.78, 5) is 27.6. The van der Waals surface area contributed by atoms with Gasteiger partial charge < -0.3 is 20.0 Å². The number of azo groups is 1. The first-order valence-corrected chi connectivity index (χ1v) is 7.04. The van der Waals surface area contributed by atoms with Crippen LogP contribution in [0.15, 0.2) is 52.7 Å². The summed E-state index contributed by atoms with van der Waals surface area (Å²) < 4.78 is 10.2. The number of anilines is 1. The fraction of sp³-hybridized carbons (Fsp3) is 0.125. The van der Waals surface area contributed by atoms with Crippen LogP contribution in [0.25, 0.3) is 0 Å². The molecular weight excluding hydrogens is 328 g/mol. The van der Waals surface area contributed by atoms with Crippen molar-refractivity contribution in [1.82, 2.24) is 0 Å². The van der Waals surface area contributed by atoms with Crippen molar-refractivity contribution in [2.75, 3.05) is 19.7 Å². The molecule has 130 valence electrons. The standard InChI is InChI=1S/C16H16N4O5/c1-23-13-8-3-10(9-14(13)24-2)15(21)25-20-12-6-4-11(5-7-12)18-19-16(17)22/h3-9,20H,1-2H3,(H2,17,22). The van der Waals surface area contributed by atoms with Crippen molar-refractivity contribution in [3.8, 4) is 11.5 Å². The molecule has 0 aliphatic carbocycles. The van der Waals surface area contributed by atoms with Gasteiger partial charge in [-0.2, -0.15) is 0 Å². The summed E-state index contributed by atoms with van der Waals surface area (Å²) in [5.74, 6) is 0.326. The predicted octanol–water partition coefficient (Wildman–Crippen LogP) is 3.05. The monoisotopic (exact) mass is 344 g/mol. The minimum atomic E-state index is -0.883. The quantitative estimate of drug-likeness (QED) is 0.613. The molecule has 25 heavy (non-hydrogen) atoms. The Kier molecular flexibility index (Phi) is 5.88. The Bertz CT molecular complexity index is 790. The zero-order valence-electron chi connectivity index (χ0n) is 13.6. The Morgan fingerprint density at radius 1 is 1.00 bits per heavy atom. The maximum absolute atomic E-state index is 12.1. The van der Waals surface area contributed by atoms with E-state index in [1.54, 1.807) is 36.4 Å². The molecule has 2 rings (SSSR count). The zero-order chi connectivity index (χ0) is 18.2. The summed E-state index contributed by atoms with van der Waals surface area (Å²) in [6.07, 6.45) is 0. The number of ether oxygens (including phenoxy) is 2. The van der Waals surface area contributed by atoms with E-state index in [-0.39, 0.29) is 5.56 Å². The highest BCUT2D eigenvalue weighted by molar-refractivity contribution is 5.90. The van der Waals surface area contributed by atoms with Gasteiger partial charge in [-0.05, 0) is 42.5 Å². The van der Waals surface area contributed by atoms with Crippen LogP contribution in [0, 0.1) is 0 Å². The number of urea groups is 1. The normalized spacial score (nSPS) is 10.3. The first-order valence-electron chi connectivity index (χ1n) is 7.04. The van der Waals surface area contributed by atoms with Gasteiger partial charge >= 0.3 is 12.0 Å². The fourth-order valence-electron chi connectivity index (χ4n) is 1.83. The van der Waals surface area contributed by atoms with E-state index in [1.165, 1.54) is 20.3 Å². The van der Waals surface area contributed by atoms with E-state index in [4.69, 9.17) is 20.0 Å². The Morgan fingerprint density at radius 2 is 1.68 bits per heavy atom. The van der Waals surface area contributed by atoms with Gasteiger partial charge in [-0.15, -0.1) is 5.11 Å². The van der Waals surface area contributed by atoms with Crippen molar-refractivity contribution in [3.05, 3.63) is 48.0 Å². The Balaban J connectivity index is 1.99. The summed E-state index contributed by atoms with van der Waals surface area (Å²) in [6, 6.07) is 10.1. The summed E-state index contributed by atoms with van der Waals surface area (Å²) in [5.41, 5.74) is 8.60. The number of carbonyl (C=O) groups excluding carboxylic acids is 2. The van der Waals surface area contributed by atoms with Crippen LogP contribution in [0.4, 0.5) is 16.2 Å². The second-order valence-electron chi connectivity index (χ2n) is 4.65. The van der Waals surface area contributed by atoms with Gasteiger partial charge in [0.25, 0.3) is 0 Å². The molecule has 9 heteroatoms.